The Bertz CT molecular complexity index is 1420. The molecular formula is C24H20ClN3O5S. The van der Waals surface area contributed by atoms with E-state index >= 15 is 0 Å². The fourth-order valence-corrected chi connectivity index (χ4v) is 4.73. The van der Waals surface area contributed by atoms with Gasteiger partial charge < -0.3 is 25.6 Å². The van der Waals surface area contributed by atoms with Gasteiger partial charge in [-0.05, 0) is 54.3 Å². The van der Waals surface area contributed by atoms with Crippen LogP contribution < -0.4 is 20.5 Å². The number of aromatic carboxylic acids is 1. The van der Waals surface area contributed by atoms with Crippen molar-refractivity contribution >= 4 is 56.4 Å². The Kier molecular flexibility index (Phi) is 6.58. The van der Waals surface area contributed by atoms with Crippen molar-refractivity contribution in [2.75, 3.05) is 18.2 Å². The fraction of sp³-hybridized carbons (Fsp3) is 0.125. The van der Waals surface area contributed by atoms with Gasteiger partial charge in [0.1, 0.15) is 12.4 Å². The minimum atomic E-state index is -1.08. The molecule has 174 valence electrons. The second-order valence-corrected chi connectivity index (χ2v) is 8.71. The third kappa shape index (κ3) is 4.61. The van der Waals surface area contributed by atoms with Gasteiger partial charge in [-0.3, -0.25) is 4.79 Å². The Morgan fingerprint density at radius 3 is 2.71 bits per heavy atom. The van der Waals surface area contributed by atoms with Crippen LogP contribution in [0.2, 0.25) is 5.02 Å². The number of nitrogen functional groups attached to an aromatic ring is 1. The molecule has 4 aromatic rings. The molecule has 4 N–H and O–H groups in total. The number of rotatable bonds is 7. The van der Waals surface area contributed by atoms with Gasteiger partial charge in [0.2, 0.25) is 0 Å². The van der Waals surface area contributed by atoms with E-state index in [2.05, 4.69) is 10.3 Å². The normalized spacial score (nSPS) is 10.8. The highest BCUT2D eigenvalue weighted by Gasteiger charge is 2.18. The highest BCUT2D eigenvalue weighted by Crippen LogP contribution is 2.35. The van der Waals surface area contributed by atoms with Crippen LogP contribution in [0.15, 0.2) is 48.0 Å². The molecule has 0 aliphatic rings. The molecule has 0 atom stereocenters. The average Bonchev–Trinajstić information content (AvgIpc) is 3.24. The molecule has 34 heavy (non-hydrogen) atoms. The van der Waals surface area contributed by atoms with E-state index in [-0.39, 0.29) is 23.9 Å². The van der Waals surface area contributed by atoms with E-state index in [1.807, 2.05) is 6.92 Å². The molecule has 1 amide bonds. The number of hydrogen-bond acceptors (Lipinski definition) is 7. The number of ether oxygens (including phenoxy) is 2. The summed E-state index contributed by atoms with van der Waals surface area (Å²) in [6, 6.07) is 10.1. The summed E-state index contributed by atoms with van der Waals surface area (Å²) in [5.74, 6) is -0.390. The van der Waals surface area contributed by atoms with Gasteiger partial charge in [-0.1, -0.05) is 11.6 Å². The molecule has 2 heterocycles. The number of halogens is 1. The second kappa shape index (κ2) is 9.58. The van der Waals surface area contributed by atoms with Gasteiger partial charge in [0.15, 0.2) is 11.5 Å². The Balaban J connectivity index is 1.59. The Morgan fingerprint density at radius 2 is 2.00 bits per heavy atom. The summed E-state index contributed by atoms with van der Waals surface area (Å²) >= 11 is 7.24. The molecule has 0 radical (unpaired) electrons. The highest BCUT2D eigenvalue weighted by atomic mass is 35.5. The number of thiophene rings is 1. The van der Waals surface area contributed by atoms with E-state index in [9.17, 15) is 14.7 Å². The van der Waals surface area contributed by atoms with Crippen LogP contribution in [-0.2, 0) is 6.61 Å². The quantitative estimate of drug-likeness (QED) is 0.313. The van der Waals surface area contributed by atoms with Crippen molar-refractivity contribution in [3.8, 4) is 11.5 Å². The van der Waals surface area contributed by atoms with E-state index in [1.165, 1.54) is 24.6 Å². The van der Waals surface area contributed by atoms with Crippen molar-refractivity contribution in [3.63, 3.8) is 0 Å². The van der Waals surface area contributed by atoms with Crippen LogP contribution in [0.25, 0.3) is 10.1 Å². The number of carboxylic acid groups (broad SMARTS) is 1. The van der Waals surface area contributed by atoms with Crippen molar-refractivity contribution in [2.24, 2.45) is 0 Å². The van der Waals surface area contributed by atoms with Crippen LogP contribution in [-0.4, -0.2) is 29.1 Å². The first-order chi connectivity index (χ1) is 16.3. The van der Waals surface area contributed by atoms with Crippen LogP contribution in [0.1, 0.15) is 31.8 Å². The Labute approximate surface area is 203 Å². The number of pyridine rings is 1. The molecule has 0 aliphatic heterocycles. The molecule has 2 aromatic heterocycles. The van der Waals surface area contributed by atoms with E-state index in [0.717, 1.165) is 5.56 Å². The lowest BCUT2D eigenvalue weighted by atomic mass is 10.1. The molecule has 0 aliphatic carbocycles. The standard InChI is InChI=1S/C24H20ClN3O5S/c1-12-7-15(25)4-5-17(12)28-23(29)13-3-6-18(32-2)19(8-13)33-10-14-11-34-21-16(24(30)31)9-27-22(26)20(14)21/h3-9,11H,10H2,1-2H3,(H2,26,27)(H,28,29)(H,30,31). The number of anilines is 2. The number of carbonyl (C=O) groups excluding carboxylic acids is 1. The summed E-state index contributed by atoms with van der Waals surface area (Å²) in [4.78, 5) is 28.3. The third-order valence-electron chi connectivity index (χ3n) is 5.18. The lowest BCUT2D eigenvalue weighted by molar-refractivity contribution is 0.0698. The molecule has 10 heteroatoms. The maximum absolute atomic E-state index is 12.8. The van der Waals surface area contributed by atoms with Gasteiger partial charge in [-0.2, -0.15) is 0 Å². The number of amides is 1. The van der Waals surface area contributed by atoms with Crippen LogP contribution in [0.5, 0.6) is 11.5 Å². The molecule has 0 saturated heterocycles. The Morgan fingerprint density at radius 1 is 1.21 bits per heavy atom. The molecule has 0 unspecified atom stereocenters. The van der Waals surface area contributed by atoms with E-state index in [4.69, 9.17) is 26.8 Å². The molecule has 0 bridgehead atoms. The maximum Gasteiger partial charge on any atom is 0.338 e. The monoisotopic (exact) mass is 497 g/mol. The van der Waals surface area contributed by atoms with Crippen LogP contribution in [0, 0.1) is 6.92 Å². The van der Waals surface area contributed by atoms with Crippen LogP contribution in [0.3, 0.4) is 0 Å². The van der Waals surface area contributed by atoms with Gasteiger partial charge in [0, 0.05) is 33.4 Å². The number of methoxy groups -OCH3 is 1. The van der Waals surface area contributed by atoms with Gasteiger partial charge >= 0.3 is 5.97 Å². The largest absolute Gasteiger partial charge is 0.493 e. The average molecular weight is 498 g/mol. The van der Waals surface area contributed by atoms with Gasteiger partial charge in [0.25, 0.3) is 5.91 Å². The first-order valence-electron chi connectivity index (χ1n) is 10.0. The molecular weight excluding hydrogens is 478 g/mol. The van der Waals surface area contributed by atoms with Gasteiger partial charge in [-0.25, -0.2) is 9.78 Å². The molecule has 0 saturated carbocycles. The zero-order chi connectivity index (χ0) is 24.4. The smallest absolute Gasteiger partial charge is 0.338 e. The third-order valence-corrected chi connectivity index (χ3v) is 6.47. The maximum atomic E-state index is 12.8. The molecule has 8 nitrogen and oxygen atoms in total. The van der Waals surface area contributed by atoms with Crippen LogP contribution in [0.4, 0.5) is 11.5 Å². The first kappa shape index (κ1) is 23.3. The van der Waals surface area contributed by atoms with Crippen molar-refractivity contribution in [1.82, 2.24) is 4.98 Å². The van der Waals surface area contributed by atoms with Crippen molar-refractivity contribution < 1.29 is 24.2 Å². The van der Waals surface area contributed by atoms with E-state index < -0.39 is 5.97 Å². The Hall–Kier alpha value is -3.82. The lowest BCUT2D eigenvalue weighted by Crippen LogP contribution is -2.13. The van der Waals surface area contributed by atoms with Gasteiger partial charge in [0.05, 0.1) is 17.4 Å². The second-order valence-electron chi connectivity index (χ2n) is 7.40. The van der Waals surface area contributed by atoms with E-state index in [1.54, 1.807) is 41.8 Å². The number of hydrogen-bond donors (Lipinski definition) is 3. The van der Waals surface area contributed by atoms with Crippen molar-refractivity contribution in [3.05, 3.63) is 75.3 Å². The summed E-state index contributed by atoms with van der Waals surface area (Å²) in [7, 11) is 1.50. The summed E-state index contributed by atoms with van der Waals surface area (Å²) < 4.78 is 11.9. The SMILES string of the molecule is COc1ccc(C(=O)Nc2ccc(Cl)cc2C)cc1OCc1csc2c(C(=O)O)cnc(N)c12. The number of carboxylic acids is 1. The number of benzene rings is 2. The number of aryl methyl sites for hydroxylation is 1. The summed E-state index contributed by atoms with van der Waals surface area (Å²) in [5, 5.41) is 15.2. The molecule has 0 fully saturated rings. The summed E-state index contributed by atoms with van der Waals surface area (Å²) in [6.45, 7) is 1.93. The van der Waals surface area contributed by atoms with Crippen molar-refractivity contribution in [2.45, 2.75) is 13.5 Å². The number of nitrogens with one attached hydrogen (secondary N) is 1. The predicted molar refractivity (Wildman–Crippen MR) is 132 cm³/mol. The number of fused-ring (bicyclic) bond motifs is 1. The van der Waals surface area contributed by atoms with Gasteiger partial charge in [-0.15, -0.1) is 11.3 Å². The predicted octanol–water partition coefficient (Wildman–Crippen LogP) is 5.38. The topological polar surface area (TPSA) is 124 Å². The molecule has 4 rings (SSSR count). The lowest BCUT2D eigenvalue weighted by Gasteiger charge is -2.13. The summed E-state index contributed by atoms with van der Waals surface area (Å²) in [5.41, 5.74) is 8.63. The zero-order valence-corrected chi connectivity index (χ0v) is 19.8. The molecule has 2 aromatic carbocycles. The number of carbonyl (C=O) groups is 2. The fourth-order valence-electron chi connectivity index (χ4n) is 3.44. The number of aromatic nitrogens is 1. The first-order valence-corrected chi connectivity index (χ1v) is 11.3. The molecule has 0 spiro atoms. The minimum absolute atomic E-state index is 0.0761. The highest BCUT2D eigenvalue weighted by molar-refractivity contribution is 7.17. The zero-order valence-electron chi connectivity index (χ0n) is 18.2. The summed E-state index contributed by atoms with van der Waals surface area (Å²) in [6.07, 6.45) is 1.24. The van der Waals surface area contributed by atoms with E-state index in [0.29, 0.717) is 43.4 Å². The number of nitrogens with two attached hydrogens (primary N) is 1. The van der Waals surface area contributed by atoms with Crippen molar-refractivity contribution in [1.29, 1.82) is 0 Å². The minimum Gasteiger partial charge on any atom is -0.493 e. The van der Waals surface area contributed by atoms with Crippen LogP contribution >= 0.6 is 22.9 Å². The number of nitrogens with zero attached hydrogens (tertiary/aromatic N) is 1.